The van der Waals surface area contributed by atoms with Gasteiger partial charge in [0.25, 0.3) is 0 Å². The van der Waals surface area contributed by atoms with E-state index in [0.29, 0.717) is 12.1 Å². The van der Waals surface area contributed by atoms with Gasteiger partial charge in [0.1, 0.15) is 5.82 Å². The fraction of sp³-hybridized carbons (Fsp3) is 0.562. The maximum absolute atomic E-state index is 13.9. The maximum Gasteiger partial charge on any atom is 0.146 e. The van der Waals surface area contributed by atoms with Crippen molar-refractivity contribution in [2.45, 2.75) is 46.1 Å². The van der Waals surface area contributed by atoms with Gasteiger partial charge in [-0.15, -0.1) is 0 Å². The number of halogens is 2. The third-order valence-corrected chi connectivity index (χ3v) is 3.39. The fourth-order valence-corrected chi connectivity index (χ4v) is 2.51. The molecule has 0 saturated heterocycles. The van der Waals surface area contributed by atoms with Crippen LogP contribution in [0.3, 0.4) is 0 Å². The number of nitrogens with zero attached hydrogens (tertiary/aromatic N) is 1. The van der Waals surface area contributed by atoms with Crippen molar-refractivity contribution in [1.82, 2.24) is 5.32 Å². The Morgan fingerprint density at radius 3 is 2.60 bits per heavy atom. The molecule has 2 atom stereocenters. The molecule has 20 heavy (non-hydrogen) atoms. The average molecular weight is 297 g/mol. The molecule has 0 radical (unpaired) electrons. The van der Waals surface area contributed by atoms with E-state index in [1.807, 2.05) is 0 Å². The summed E-state index contributed by atoms with van der Waals surface area (Å²) in [5, 5.41) is 12.6. The molecule has 1 aromatic rings. The van der Waals surface area contributed by atoms with Crippen LogP contribution in [0, 0.1) is 22.6 Å². The first-order valence-electron chi connectivity index (χ1n) is 6.81. The van der Waals surface area contributed by atoms with E-state index >= 15 is 0 Å². The standard InChI is InChI=1S/C16H22ClFN2/c1-11(8-16(2,3)4)20-10-12(9-19)13-6-5-7-14(17)15(13)18/h5-7,11-12,20H,8,10H2,1-4H3. The third kappa shape index (κ3) is 5.11. The normalized spacial score (nSPS) is 14.7. The molecule has 0 aromatic heterocycles. The minimum Gasteiger partial charge on any atom is -0.313 e. The first-order valence-corrected chi connectivity index (χ1v) is 7.19. The highest BCUT2D eigenvalue weighted by atomic mass is 35.5. The number of nitriles is 1. The Labute approximate surface area is 125 Å². The van der Waals surface area contributed by atoms with Crippen LogP contribution in [0.15, 0.2) is 18.2 Å². The molecule has 0 amide bonds. The monoisotopic (exact) mass is 296 g/mol. The van der Waals surface area contributed by atoms with Crippen molar-refractivity contribution < 1.29 is 4.39 Å². The van der Waals surface area contributed by atoms with Crippen molar-refractivity contribution in [2.75, 3.05) is 6.54 Å². The number of hydrogen-bond acceptors (Lipinski definition) is 2. The van der Waals surface area contributed by atoms with Crippen molar-refractivity contribution in [3.8, 4) is 6.07 Å². The van der Waals surface area contributed by atoms with Crippen LogP contribution < -0.4 is 5.32 Å². The van der Waals surface area contributed by atoms with Gasteiger partial charge in [-0.2, -0.15) is 5.26 Å². The number of hydrogen-bond donors (Lipinski definition) is 1. The van der Waals surface area contributed by atoms with E-state index in [2.05, 4.69) is 39.1 Å². The predicted molar refractivity (Wildman–Crippen MR) is 81.3 cm³/mol. The Hall–Kier alpha value is -1.11. The highest BCUT2D eigenvalue weighted by Gasteiger charge is 2.20. The van der Waals surface area contributed by atoms with Gasteiger partial charge in [-0.1, -0.05) is 44.5 Å². The van der Waals surface area contributed by atoms with Gasteiger partial charge in [-0.05, 0) is 24.8 Å². The zero-order valence-electron chi connectivity index (χ0n) is 12.5. The smallest absolute Gasteiger partial charge is 0.146 e. The minimum absolute atomic E-state index is 0.0606. The van der Waals surface area contributed by atoms with Crippen molar-refractivity contribution in [3.05, 3.63) is 34.6 Å². The Morgan fingerprint density at radius 1 is 1.40 bits per heavy atom. The van der Waals surface area contributed by atoms with Gasteiger partial charge in [-0.25, -0.2) is 4.39 Å². The number of benzene rings is 1. The van der Waals surface area contributed by atoms with Crippen LogP contribution in [0.1, 0.15) is 45.6 Å². The summed E-state index contributed by atoms with van der Waals surface area (Å²) in [6.07, 6.45) is 0.989. The third-order valence-electron chi connectivity index (χ3n) is 3.10. The molecular formula is C16H22ClFN2. The van der Waals surface area contributed by atoms with E-state index in [9.17, 15) is 9.65 Å². The van der Waals surface area contributed by atoms with Crippen molar-refractivity contribution in [3.63, 3.8) is 0 Å². The van der Waals surface area contributed by atoms with Crippen LogP contribution in [0.2, 0.25) is 5.02 Å². The molecule has 1 rings (SSSR count). The molecule has 0 bridgehead atoms. The van der Waals surface area contributed by atoms with Gasteiger partial charge in [0.15, 0.2) is 0 Å². The quantitative estimate of drug-likeness (QED) is 0.868. The van der Waals surface area contributed by atoms with Crippen LogP contribution in [0.4, 0.5) is 4.39 Å². The molecule has 2 nitrogen and oxygen atoms in total. The lowest BCUT2D eigenvalue weighted by Crippen LogP contribution is -2.33. The van der Waals surface area contributed by atoms with Gasteiger partial charge in [0.05, 0.1) is 17.0 Å². The van der Waals surface area contributed by atoms with Crippen LogP contribution in [-0.4, -0.2) is 12.6 Å². The molecule has 110 valence electrons. The minimum atomic E-state index is -0.531. The molecule has 0 aliphatic rings. The Kier molecular flexibility index (Phi) is 5.98. The van der Waals surface area contributed by atoms with E-state index in [4.69, 9.17) is 11.6 Å². The highest BCUT2D eigenvalue weighted by Crippen LogP contribution is 2.25. The van der Waals surface area contributed by atoms with Gasteiger partial charge in [0, 0.05) is 18.2 Å². The predicted octanol–water partition coefficient (Wildman–Crippen LogP) is 4.50. The van der Waals surface area contributed by atoms with Gasteiger partial charge < -0.3 is 5.32 Å². The second kappa shape index (κ2) is 7.06. The number of nitrogens with one attached hydrogen (secondary N) is 1. The summed E-state index contributed by atoms with van der Waals surface area (Å²) in [5.41, 5.74) is 0.575. The van der Waals surface area contributed by atoms with Crippen LogP contribution in [-0.2, 0) is 0 Å². The molecule has 0 saturated carbocycles. The summed E-state index contributed by atoms with van der Waals surface area (Å²) in [6, 6.07) is 7.19. The molecule has 4 heteroatoms. The van der Waals surface area contributed by atoms with E-state index < -0.39 is 11.7 Å². The molecule has 1 aromatic carbocycles. The maximum atomic E-state index is 13.9. The van der Waals surface area contributed by atoms with Crippen molar-refractivity contribution in [2.24, 2.45) is 5.41 Å². The highest BCUT2D eigenvalue weighted by molar-refractivity contribution is 6.30. The average Bonchev–Trinajstić information content (AvgIpc) is 2.32. The molecule has 1 N–H and O–H groups in total. The van der Waals surface area contributed by atoms with Gasteiger partial charge in [0.2, 0.25) is 0 Å². The fourth-order valence-electron chi connectivity index (χ4n) is 2.32. The van der Waals surface area contributed by atoms with Crippen molar-refractivity contribution in [1.29, 1.82) is 5.26 Å². The zero-order chi connectivity index (χ0) is 15.3. The van der Waals surface area contributed by atoms with E-state index in [1.54, 1.807) is 12.1 Å². The molecule has 0 fully saturated rings. The Morgan fingerprint density at radius 2 is 2.05 bits per heavy atom. The lowest BCUT2D eigenvalue weighted by Gasteiger charge is -2.25. The van der Waals surface area contributed by atoms with Crippen LogP contribution >= 0.6 is 11.6 Å². The Bertz CT molecular complexity index is 488. The first kappa shape index (κ1) is 16.9. The molecule has 0 aliphatic carbocycles. The van der Waals surface area contributed by atoms with Gasteiger partial charge in [-0.3, -0.25) is 0 Å². The molecule has 0 aliphatic heterocycles. The first-order chi connectivity index (χ1) is 9.24. The molecule has 0 heterocycles. The van der Waals surface area contributed by atoms with Gasteiger partial charge >= 0.3 is 0 Å². The summed E-state index contributed by atoms with van der Waals surface area (Å²) in [7, 11) is 0. The lowest BCUT2D eigenvalue weighted by molar-refractivity contribution is 0.318. The molecule has 2 unspecified atom stereocenters. The largest absolute Gasteiger partial charge is 0.313 e. The van der Waals surface area contributed by atoms with Crippen molar-refractivity contribution >= 4 is 11.6 Å². The van der Waals surface area contributed by atoms with Crippen LogP contribution in [0.5, 0.6) is 0 Å². The number of rotatable bonds is 5. The SMILES string of the molecule is CC(CC(C)(C)C)NCC(C#N)c1cccc(Cl)c1F. The summed E-state index contributed by atoms with van der Waals surface area (Å²) in [6.45, 7) is 9.01. The lowest BCUT2D eigenvalue weighted by atomic mass is 9.88. The second-order valence-corrected chi connectivity index (χ2v) is 6.81. The van der Waals surface area contributed by atoms with Crippen LogP contribution in [0.25, 0.3) is 0 Å². The second-order valence-electron chi connectivity index (χ2n) is 6.40. The Balaban J connectivity index is 2.70. The summed E-state index contributed by atoms with van der Waals surface area (Å²) in [4.78, 5) is 0. The summed E-state index contributed by atoms with van der Waals surface area (Å²) >= 11 is 5.76. The van der Waals surface area contributed by atoms with E-state index in [1.165, 1.54) is 6.07 Å². The molecule has 0 spiro atoms. The van der Waals surface area contributed by atoms with E-state index in [0.717, 1.165) is 6.42 Å². The summed E-state index contributed by atoms with van der Waals surface area (Å²) in [5.74, 6) is -1.03. The molecular weight excluding hydrogens is 275 g/mol. The zero-order valence-corrected chi connectivity index (χ0v) is 13.3. The summed E-state index contributed by atoms with van der Waals surface area (Å²) < 4.78 is 13.9. The topological polar surface area (TPSA) is 35.8 Å². The van der Waals surface area contributed by atoms with E-state index in [-0.39, 0.29) is 16.5 Å².